The van der Waals surface area contributed by atoms with Gasteiger partial charge in [0.25, 0.3) is 0 Å². The summed E-state index contributed by atoms with van der Waals surface area (Å²) in [6.45, 7) is -0.340. The van der Waals surface area contributed by atoms with Gasteiger partial charge in [-0.15, -0.1) is 0 Å². The van der Waals surface area contributed by atoms with Gasteiger partial charge in [-0.1, -0.05) is 78.9 Å². The van der Waals surface area contributed by atoms with E-state index in [1.807, 2.05) is 66.7 Å². The maximum absolute atomic E-state index is 12.9. The van der Waals surface area contributed by atoms with Crippen molar-refractivity contribution in [2.24, 2.45) is 0 Å². The predicted octanol–water partition coefficient (Wildman–Crippen LogP) is 3.68. The maximum atomic E-state index is 12.9. The lowest BCUT2D eigenvalue weighted by atomic mass is 9.98. The van der Waals surface area contributed by atoms with Crippen LogP contribution < -0.4 is 5.32 Å². The van der Waals surface area contributed by atoms with Crippen molar-refractivity contribution < 1.29 is 24.2 Å². The van der Waals surface area contributed by atoms with Crippen LogP contribution in [0.15, 0.2) is 78.9 Å². The van der Waals surface area contributed by atoms with E-state index in [9.17, 15) is 14.4 Å². The fraction of sp³-hybridized carbons (Fsp3) is 0.222. The lowest BCUT2D eigenvalue weighted by molar-refractivity contribution is -0.144. The molecule has 0 aliphatic heterocycles. The summed E-state index contributed by atoms with van der Waals surface area (Å²) in [5.74, 6) is -1.73. The first-order chi connectivity index (χ1) is 16.4. The third-order valence-electron chi connectivity index (χ3n) is 5.97. The van der Waals surface area contributed by atoms with Gasteiger partial charge in [-0.3, -0.25) is 9.59 Å². The highest BCUT2D eigenvalue weighted by atomic mass is 16.5. The van der Waals surface area contributed by atoms with Crippen LogP contribution in [-0.2, 0) is 20.7 Å². The first-order valence-corrected chi connectivity index (χ1v) is 11.1. The Morgan fingerprint density at radius 2 is 1.47 bits per heavy atom. The van der Waals surface area contributed by atoms with Crippen molar-refractivity contribution in [2.45, 2.75) is 18.4 Å². The van der Waals surface area contributed by atoms with Crippen LogP contribution in [0.3, 0.4) is 0 Å². The molecule has 0 heterocycles. The number of carbonyl (C=O) groups excluding carboxylic acids is 2. The minimum absolute atomic E-state index is 0.101. The van der Waals surface area contributed by atoms with E-state index in [1.165, 1.54) is 7.05 Å². The highest BCUT2D eigenvalue weighted by Gasteiger charge is 2.30. The molecule has 1 atom stereocenters. The molecule has 7 nitrogen and oxygen atoms in total. The number of nitrogens with one attached hydrogen (secondary N) is 1. The number of carboxylic acids is 1. The minimum atomic E-state index is -1.13. The van der Waals surface area contributed by atoms with Crippen molar-refractivity contribution in [2.75, 3.05) is 20.2 Å². The van der Waals surface area contributed by atoms with Crippen molar-refractivity contribution >= 4 is 18.0 Å². The molecule has 0 fully saturated rings. The molecule has 2 N–H and O–H groups in total. The first-order valence-electron chi connectivity index (χ1n) is 11.1. The Morgan fingerprint density at radius 3 is 2.06 bits per heavy atom. The van der Waals surface area contributed by atoms with Gasteiger partial charge in [0.15, 0.2) is 0 Å². The van der Waals surface area contributed by atoms with Crippen molar-refractivity contribution in [1.82, 2.24) is 10.2 Å². The number of carboxylic acid groups (broad SMARTS) is 1. The van der Waals surface area contributed by atoms with Crippen molar-refractivity contribution in [3.63, 3.8) is 0 Å². The molecule has 4 rings (SSSR count). The van der Waals surface area contributed by atoms with Crippen LogP contribution in [0.25, 0.3) is 11.1 Å². The third kappa shape index (κ3) is 5.09. The summed E-state index contributed by atoms with van der Waals surface area (Å²) in [6, 6.07) is 24.3. The molecule has 7 heteroatoms. The van der Waals surface area contributed by atoms with E-state index in [0.717, 1.165) is 32.7 Å². The molecule has 0 saturated carbocycles. The van der Waals surface area contributed by atoms with Crippen LogP contribution in [0.5, 0.6) is 0 Å². The predicted molar refractivity (Wildman–Crippen MR) is 127 cm³/mol. The van der Waals surface area contributed by atoms with Gasteiger partial charge in [-0.25, -0.2) is 4.79 Å². The van der Waals surface area contributed by atoms with E-state index >= 15 is 0 Å². The average molecular weight is 459 g/mol. The molecule has 3 aromatic carbocycles. The second-order valence-corrected chi connectivity index (χ2v) is 8.30. The van der Waals surface area contributed by atoms with Crippen LogP contribution in [-0.4, -0.2) is 54.2 Å². The smallest absolute Gasteiger partial charge is 0.407 e. The van der Waals surface area contributed by atoms with Gasteiger partial charge in [0.2, 0.25) is 5.91 Å². The van der Waals surface area contributed by atoms with Crippen molar-refractivity contribution in [3.8, 4) is 11.1 Å². The minimum Gasteiger partial charge on any atom is -0.480 e. The third-order valence-corrected chi connectivity index (χ3v) is 5.97. The topological polar surface area (TPSA) is 95.9 Å². The first kappa shape index (κ1) is 23.0. The molecule has 0 aromatic heterocycles. The summed E-state index contributed by atoms with van der Waals surface area (Å²) in [5, 5.41) is 11.7. The van der Waals surface area contributed by atoms with E-state index in [0.29, 0.717) is 0 Å². The van der Waals surface area contributed by atoms with Crippen LogP contribution >= 0.6 is 0 Å². The molecule has 2 amide bonds. The van der Waals surface area contributed by atoms with Crippen LogP contribution in [0.4, 0.5) is 4.79 Å². The van der Waals surface area contributed by atoms with Crippen LogP contribution in [0.1, 0.15) is 22.6 Å². The lowest BCUT2D eigenvalue weighted by Gasteiger charge is -2.24. The molecule has 0 saturated heterocycles. The summed E-state index contributed by atoms with van der Waals surface area (Å²) in [5.41, 5.74) is 5.27. The Morgan fingerprint density at radius 1 is 0.912 bits per heavy atom. The number of likely N-dealkylation sites (N-methyl/N-ethyl adjacent to an activating group) is 1. The van der Waals surface area contributed by atoms with E-state index in [1.54, 1.807) is 0 Å². The molecule has 0 bridgehead atoms. The summed E-state index contributed by atoms with van der Waals surface area (Å²) < 4.78 is 5.58. The summed E-state index contributed by atoms with van der Waals surface area (Å²) in [7, 11) is 1.40. The standard InChI is InChI=1S/C27H26N2O5/c1-29(16-25(30)31)26(32)24(15-18-9-3-2-4-10-18)28-27(33)34-17-23-21-13-7-5-11-19(21)20-12-6-8-14-22(20)23/h2-14,23-24H,15-17H2,1H3,(H,28,33)(H,30,31). The van der Waals surface area contributed by atoms with Gasteiger partial charge in [0.1, 0.15) is 19.2 Å². The quantitative estimate of drug-likeness (QED) is 0.537. The zero-order valence-corrected chi connectivity index (χ0v) is 18.8. The Hall–Kier alpha value is -4.13. The SMILES string of the molecule is CN(CC(=O)O)C(=O)C(Cc1ccccc1)NC(=O)OCC1c2ccccc2-c2ccccc21. The van der Waals surface area contributed by atoms with Crippen LogP contribution in [0, 0.1) is 0 Å². The monoisotopic (exact) mass is 458 g/mol. The molecule has 0 radical (unpaired) electrons. The highest BCUT2D eigenvalue weighted by molar-refractivity contribution is 5.88. The number of hydrogen-bond acceptors (Lipinski definition) is 4. The number of nitrogens with zero attached hydrogens (tertiary/aromatic N) is 1. The van der Waals surface area contributed by atoms with E-state index < -0.39 is 30.6 Å². The molecule has 1 aliphatic carbocycles. The number of amides is 2. The fourth-order valence-electron chi connectivity index (χ4n) is 4.38. The van der Waals surface area contributed by atoms with E-state index in [2.05, 4.69) is 17.4 Å². The second kappa shape index (κ2) is 10.2. The fourth-order valence-corrected chi connectivity index (χ4v) is 4.38. The molecule has 1 unspecified atom stereocenters. The molecule has 174 valence electrons. The van der Waals surface area contributed by atoms with E-state index in [-0.39, 0.29) is 18.9 Å². The normalized spacial score (nSPS) is 12.9. The number of ether oxygens (including phenoxy) is 1. The van der Waals surface area contributed by atoms with Gasteiger partial charge >= 0.3 is 12.1 Å². The van der Waals surface area contributed by atoms with Crippen molar-refractivity contribution in [1.29, 1.82) is 0 Å². The van der Waals surface area contributed by atoms with Crippen molar-refractivity contribution in [3.05, 3.63) is 95.6 Å². The molecular weight excluding hydrogens is 432 g/mol. The molecule has 0 spiro atoms. The zero-order chi connectivity index (χ0) is 24.1. The number of carbonyl (C=O) groups is 3. The highest BCUT2D eigenvalue weighted by Crippen LogP contribution is 2.44. The van der Waals surface area contributed by atoms with Crippen LogP contribution in [0.2, 0.25) is 0 Å². The van der Waals surface area contributed by atoms with Gasteiger partial charge in [-0.05, 0) is 27.8 Å². The Labute approximate surface area is 198 Å². The molecule has 1 aliphatic rings. The van der Waals surface area contributed by atoms with Gasteiger partial charge < -0.3 is 20.1 Å². The summed E-state index contributed by atoms with van der Waals surface area (Å²) in [6.07, 6.45) is -0.506. The van der Waals surface area contributed by atoms with Gasteiger partial charge in [0, 0.05) is 19.4 Å². The summed E-state index contributed by atoms with van der Waals surface area (Å²) in [4.78, 5) is 37.8. The summed E-state index contributed by atoms with van der Waals surface area (Å²) >= 11 is 0. The molecular formula is C27H26N2O5. The number of aliphatic carboxylic acids is 1. The maximum Gasteiger partial charge on any atom is 0.407 e. The average Bonchev–Trinajstić information content (AvgIpc) is 3.16. The largest absolute Gasteiger partial charge is 0.480 e. The Balaban J connectivity index is 1.46. The lowest BCUT2D eigenvalue weighted by Crippen LogP contribution is -2.49. The Bertz CT molecular complexity index is 1150. The molecule has 34 heavy (non-hydrogen) atoms. The Kier molecular flexibility index (Phi) is 6.92. The number of fused-ring (bicyclic) bond motifs is 3. The van der Waals surface area contributed by atoms with Gasteiger partial charge in [0.05, 0.1) is 0 Å². The van der Waals surface area contributed by atoms with E-state index in [4.69, 9.17) is 9.84 Å². The number of alkyl carbamates (subject to hydrolysis) is 1. The number of benzene rings is 3. The number of rotatable bonds is 8. The number of hydrogen-bond donors (Lipinski definition) is 2. The van der Waals surface area contributed by atoms with Gasteiger partial charge in [-0.2, -0.15) is 0 Å². The zero-order valence-electron chi connectivity index (χ0n) is 18.8. The second-order valence-electron chi connectivity index (χ2n) is 8.30. The molecule has 3 aromatic rings.